The molecule has 0 saturated carbocycles. The molecule has 2 unspecified atom stereocenters. The second kappa shape index (κ2) is 8.17. The van der Waals surface area contributed by atoms with E-state index in [1.807, 2.05) is 48.5 Å². The number of hydrogen-bond acceptors (Lipinski definition) is 3. The van der Waals surface area contributed by atoms with E-state index in [0.29, 0.717) is 6.54 Å². The molecular formula is C21H26N2O2. The molecule has 4 heteroatoms. The van der Waals surface area contributed by atoms with Crippen LogP contribution in [0.25, 0.3) is 0 Å². The van der Waals surface area contributed by atoms with Crippen molar-refractivity contribution in [3.63, 3.8) is 0 Å². The number of rotatable bonds is 7. The monoisotopic (exact) mass is 338 g/mol. The van der Waals surface area contributed by atoms with Gasteiger partial charge in [0.2, 0.25) is 5.91 Å². The maximum Gasteiger partial charge on any atom is 0.242 e. The topological polar surface area (TPSA) is 41.6 Å². The Morgan fingerprint density at radius 1 is 1.12 bits per heavy atom. The van der Waals surface area contributed by atoms with Crippen LogP contribution < -0.4 is 10.1 Å². The Labute approximate surface area is 149 Å². The summed E-state index contributed by atoms with van der Waals surface area (Å²) in [4.78, 5) is 15.1. The SMILES string of the molecule is CCN(CC)C(C(=O)NCC1Cc2ccccc2O1)c1ccccc1. The number of fused-ring (bicyclic) bond motifs is 1. The van der Waals surface area contributed by atoms with E-state index in [9.17, 15) is 4.79 Å². The number of benzene rings is 2. The normalized spacial score (nSPS) is 17.0. The first kappa shape index (κ1) is 17.5. The molecule has 2 atom stereocenters. The number of ether oxygens (including phenoxy) is 1. The van der Waals surface area contributed by atoms with Gasteiger partial charge in [0.15, 0.2) is 0 Å². The molecule has 0 radical (unpaired) electrons. The zero-order valence-corrected chi connectivity index (χ0v) is 14.9. The van der Waals surface area contributed by atoms with Crippen LogP contribution in [0.2, 0.25) is 0 Å². The van der Waals surface area contributed by atoms with Crippen LogP contribution in [-0.4, -0.2) is 36.5 Å². The first-order chi connectivity index (χ1) is 12.2. The number of hydrogen-bond donors (Lipinski definition) is 1. The van der Waals surface area contributed by atoms with Crippen LogP contribution in [0, 0.1) is 0 Å². The van der Waals surface area contributed by atoms with Crippen molar-refractivity contribution in [3.8, 4) is 5.75 Å². The van der Waals surface area contributed by atoms with Crippen molar-refractivity contribution in [1.82, 2.24) is 10.2 Å². The molecule has 0 aromatic heterocycles. The van der Waals surface area contributed by atoms with Crippen molar-refractivity contribution >= 4 is 5.91 Å². The van der Waals surface area contributed by atoms with Gasteiger partial charge in [0, 0.05) is 6.42 Å². The van der Waals surface area contributed by atoms with E-state index in [2.05, 4.69) is 30.1 Å². The Bertz CT molecular complexity index is 673. The minimum Gasteiger partial charge on any atom is -0.488 e. The van der Waals surface area contributed by atoms with Crippen LogP contribution in [0.1, 0.15) is 31.0 Å². The molecule has 2 aromatic carbocycles. The summed E-state index contributed by atoms with van der Waals surface area (Å²) in [6, 6.07) is 17.8. The highest BCUT2D eigenvalue weighted by Crippen LogP contribution is 2.28. The third-order valence-corrected chi connectivity index (χ3v) is 4.76. The Morgan fingerprint density at radius 3 is 2.48 bits per heavy atom. The molecule has 0 bridgehead atoms. The molecule has 0 fully saturated rings. The number of carbonyl (C=O) groups is 1. The van der Waals surface area contributed by atoms with Crippen molar-refractivity contribution < 1.29 is 9.53 Å². The van der Waals surface area contributed by atoms with E-state index in [-0.39, 0.29) is 18.1 Å². The summed E-state index contributed by atoms with van der Waals surface area (Å²) in [7, 11) is 0. The Kier molecular flexibility index (Phi) is 5.71. The summed E-state index contributed by atoms with van der Waals surface area (Å²) in [5.41, 5.74) is 2.24. The number of nitrogens with one attached hydrogen (secondary N) is 1. The standard InChI is InChI=1S/C21H26N2O2/c1-3-23(4-2)20(16-10-6-5-7-11-16)21(24)22-15-18-14-17-12-8-9-13-19(17)25-18/h5-13,18,20H,3-4,14-15H2,1-2H3,(H,22,24). The lowest BCUT2D eigenvalue weighted by Crippen LogP contribution is -2.43. The summed E-state index contributed by atoms with van der Waals surface area (Å²) in [5, 5.41) is 3.10. The van der Waals surface area contributed by atoms with Crippen LogP contribution in [0.15, 0.2) is 54.6 Å². The molecule has 3 rings (SSSR count). The highest BCUT2D eigenvalue weighted by atomic mass is 16.5. The molecule has 1 aliphatic rings. The lowest BCUT2D eigenvalue weighted by Gasteiger charge is -2.29. The molecule has 25 heavy (non-hydrogen) atoms. The molecule has 1 amide bonds. The molecule has 0 aliphatic carbocycles. The zero-order chi connectivity index (χ0) is 17.6. The van der Waals surface area contributed by atoms with Crippen molar-refractivity contribution in [3.05, 3.63) is 65.7 Å². The van der Waals surface area contributed by atoms with Crippen molar-refractivity contribution in [2.45, 2.75) is 32.4 Å². The first-order valence-corrected chi connectivity index (χ1v) is 9.04. The largest absolute Gasteiger partial charge is 0.488 e. The predicted molar refractivity (Wildman–Crippen MR) is 99.7 cm³/mol. The van der Waals surface area contributed by atoms with Gasteiger partial charge in [-0.2, -0.15) is 0 Å². The fourth-order valence-corrected chi connectivity index (χ4v) is 3.43. The number of amides is 1. The Balaban J connectivity index is 1.65. The van der Waals surface area contributed by atoms with Crippen molar-refractivity contribution in [2.24, 2.45) is 0 Å². The Morgan fingerprint density at radius 2 is 1.80 bits per heavy atom. The van der Waals surface area contributed by atoms with Gasteiger partial charge < -0.3 is 10.1 Å². The minimum atomic E-state index is -0.264. The van der Waals surface area contributed by atoms with Gasteiger partial charge in [-0.25, -0.2) is 0 Å². The van der Waals surface area contributed by atoms with E-state index in [0.717, 1.165) is 30.8 Å². The molecule has 2 aromatic rings. The van der Waals surface area contributed by atoms with Gasteiger partial charge in [-0.05, 0) is 30.3 Å². The number of nitrogens with zero attached hydrogens (tertiary/aromatic N) is 1. The molecule has 1 heterocycles. The van der Waals surface area contributed by atoms with Crippen LogP contribution >= 0.6 is 0 Å². The average molecular weight is 338 g/mol. The van der Waals surface area contributed by atoms with Crippen molar-refractivity contribution in [1.29, 1.82) is 0 Å². The highest BCUT2D eigenvalue weighted by Gasteiger charge is 2.28. The van der Waals surface area contributed by atoms with E-state index in [1.165, 1.54) is 5.56 Å². The number of carbonyl (C=O) groups excluding carboxylic acids is 1. The summed E-state index contributed by atoms with van der Waals surface area (Å²) < 4.78 is 5.93. The second-order valence-electron chi connectivity index (χ2n) is 6.33. The molecule has 1 aliphatic heterocycles. The molecule has 132 valence electrons. The highest BCUT2D eigenvalue weighted by molar-refractivity contribution is 5.83. The van der Waals surface area contributed by atoms with Gasteiger partial charge in [0.25, 0.3) is 0 Å². The molecule has 0 saturated heterocycles. The fraction of sp³-hybridized carbons (Fsp3) is 0.381. The third-order valence-electron chi connectivity index (χ3n) is 4.76. The van der Waals surface area contributed by atoms with E-state index >= 15 is 0 Å². The van der Waals surface area contributed by atoms with Gasteiger partial charge >= 0.3 is 0 Å². The van der Waals surface area contributed by atoms with Gasteiger partial charge in [-0.15, -0.1) is 0 Å². The molecule has 0 spiro atoms. The lowest BCUT2D eigenvalue weighted by molar-refractivity contribution is -0.127. The maximum atomic E-state index is 12.9. The minimum absolute atomic E-state index is 0.00877. The van der Waals surface area contributed by atoms with Gasteiger partial charge in [-0.3, -0.25) is 9.69 Å². The van der Waals surface area contributed by atoms with Crippen molar-refractivity contribution in [2.75, 3.05) is 19.6 Å². The van der Waals surface area contributed by atoms with E-state index in [4.69, 9.17) is 4.74 Å². The first-order valence-electron chi connectivity index (χ1n) is 9.04. The third kappa shape index (κ3) is 4.02. The molecule has 1 N–H and O–H groups in total. The number of likely N-dealkylation sites (N-methyl/N-ethyl adjacent to an activating group) is 1. The lowest BCUT2D eigenvalue weighted by atomic mass is 10.0. The van der Waals surface area contributed by atoms with Gasteiger partial charge in [0.05, 0.1) is 6.54 Å². The van der Waals surface area contributed by atoms with Crippen LogP contribution in [0.5, 0.6) is 5.75 Å². The molecular weight excluding hydrogens is 312 g/mol. The maximum absolute atomic E-state index is 12.9. The fourth-order valence-electron chi connectivity index (χ4n) is 3.43. The smallest absolute Gasteiger partial charge is 0.242 e. The molecule has 4 nitrogen and oxygen atoms in total. The average Bonchev–Trinajstić information content (AvgIpc) is 3.07. The summed E-state index contributed by atoms with van der Waals surface area (Å²) in [5.74, 6) is 0.972. The van der Waals surface area contributed by atoms with E-state index < -0.39 is 0 Å². The Hall–Kier alpha value is -2.33. The second-order valence-corrected chi connectivity index (χ2v) is 6.33. The predicted octanol–water partition coefficient (Wildman–Crippen LogP) is 3.19. The van der Waals surface area contributed by atoms with E-state index in [1.54, 1.807) is 0 Å². The zero-order valence-electron chi connectivity index (χ0n) is 14.9. The van der Waals surface area contributed by atoms with Gasteiger partial charge in [0.1, 0.15) is 17.9 Å². The van der Waals surface area contributed by atoms with Crippen LogP contribution in [-0.2, 0) is 11.2 Å². The summed E-state index contributed by atoms with van der Waals surface area (Å²) >= 11 is 0. The number of para-hydroxylation sites is 1. The van der Waals surface area contributed by atoms with Crippen LogP contribution in [0.3, 0.4) is 0 Å². The van der Waals surface area contributed by atoms with Crippen LogP contribution in [0.4, 0.5) is 0 Å². The quantitative estimate of drug-likeness (QED) is 0.843. The van der Waals surface area contributed by atoms with Gasteiger partial charge in [-0.1, -0.05) is 62.4 Å². The summed E-state index contributed by atoms with van der Waals surface area (Å²) in [6.07, 6.45) is 0.854. The summed E-state index contributed by atoms with van der Waals surface area (Å²) in [6.45, 7) is 6.36.